The average molecular weight is 200 g/mol. The first kappa shape index (κ1) is 10.8. The van der Waals surface area contributed by atoms with E-state index in [0.29, 0.717) is 6.42 Å². The minimum absolute atomic E-state index is 0.0683. The van der Waals surface area contributed by atoms with E-state index in [1.165, 1.54) is 0 Å². The van der Waals surface area contributed by atoms with Gasteiger partial charge in [0.2, 0.25) is 0 Å². The topological polar surface area (TPSA) is 92.4 Å². The van der Waals surface area contributed by atoms with E-state index in [-0.39, 0.29) is 5.92 Å². The van der Waals surface area contributed by atoms with E-state index in [9.17, 15) is 9.59 Å². The van der Waals surface area contributed by atoms with Gasteiger partial charge in [0, 0.05) is 0 Å². The van der Waals surface area contributed by atoms with Crippen LogP contribution in [-0.2, 0) is 4.79 Å². The smallest absolute Gasteiger partial charge is 0.329 e. The van der Waals surface area contributed by atoms with Gasteiger partial charge in [0.05, 0.1) is 0 Å². The molecule has 1 aliphatic rings. The highest BCUT2D eigenvalue weighted by Gasteiger charge is 2.45. The molecule has 5 nitrogen and oxygen atoms in total. The minimum atomic E-state index is -1.15. The maximum atomic E-state index is 11.2. The van der Waals surface area contributed by atoms with Gasteiger partial charge < -0.3 is 16.2 Å². The van der Waals surface area contributed by atoms with E-state index in [1.807, 2.05) is 6.92 Å². The van der Waals surface area contributed by atoms with Crippen LogP contribution in [0.3, 0.4) is 0 Å². The van der Waals surface area contributed by atoms with Gasteiger partial charge in [-0.15, -0.1) is 0 Å². The number of carbonyl (C=O) groups is 2. The predicted octanol–water partition coefficient (Wildman–Crippen LogP) is 0.688. The maximum absolute atomic E-state index is 11.2. The van der Waals surface area contributed by atoms with Gasteiger partial charge in [0.15, 0.2) is 0 Å². The van der Waals surface area contributed by atoms with Gasteiger partial charge in [-0.1, -0.05) is 19.8 Å². The summed E-state index contributed by atoms with van der Waals surface area (Å²) in [6.07, 6.45) is 3.10. The Morgan fingerprint density at radius 2 is 2.14 bits per heavy atom. The van der Waals surface area contributed by atoms with Crippen molar-refractivity contribution in [1.82, 2.24) is 5.32 Å². The summed E-state index contributed by atoms with van der Waals surface area (Å²) in [6.45, 7) is 1.84. The van der Waals surface area contributed by atoms with Crippen molar-refractivity contribution < 1.29 is 14.7 Å². The molecule has 2 atom stereocenters. The molecular formula is C9H16N2O3. The number of nitrogens with one attached hydrogen (secondary N) is 1. The third-order valence-electron chi connectivity index (χ3n) is 3.03. The van der Waals surface area contributed by atoms with Crippen LogP contribution in [0, 0.1) is 5.92 Å². The molecular weight excluding hydrogens is 184 g/mol. The number of carboxylic acid groups (broad SMARTS) is 1. The SMILES string of the molecule is CC1CCCCC1(NC(N)=O)C(=O)O. The van der Waals surface area contributed by atoms with Gasteiger partial charge in [0.25, 0.3) is 0 Å². The molecule has 1 aliphatic carbocycles. The van der Waals surface area contributed by atoms with E-state index in [4.69, 9.17) is 10.8 Å². The highest BCUT2D eigenvalue weighted by molar-refractivity contribution is 5.86. The van der Waals surface area contributed by atoms with Crippen LogP contribution in [0.4, 0.5) is 4.79 Å². The quantitative estimate of drug-likeness (QED) is 0.612. The second-order valence-corrected chi connectivity index (χ2v) is 3.91. The van der Waals surface area contributed by atoms with Gasteiger partial charge >= 0.3 is 12.0 Å². The summed E-state index contributed by atoms with van der Waals surface area (Å²) in [4.78, 5) is 21.9. The third-order valence-corrected chi connectivity index (χ3v) is 3.03. The number of hydrogen-bond acceptors (Lipinski definition) is 2. The van der Waals surface area contributed by atoms with Crippen molar-refractivity contribution in [3.8, 4) is 0 Å². The molecule has 0 aliphatic heterocycles. The molecule has 1 fully saturated rings. The number of amides is 2. The van der Waals surface area contributed by atoms with Crippen molar-refractivity contribution in [3.05, 3.63) is 0 Å². The van der Waals surface area contributed by atoms with Crippen molar-refractivity contribution in [2.24, 2.45) is 11.7 Å². The lowest BCUT2D eigenvalue weighted by molar-refractivity contribution is -0.148. The Balaban J connectivity index is 2.88. The summed E-state index contributed by atoms with van der Waals surface area (Å²) < 4.78 is 0. The number of hydrogen-bond donors (Lipinski definition) is 3. The summed E-state index contributed by atoms with van der Waals surface area (Å²) in [5.41, 5.74) is 3.85. The molecule has 0 spiro atoms. The van der Waals surface area contributed by atoms with Gasteiger partial charge in [-0.05, 0) is 18.8 Å². The molecule has 4 N–H and O–H groups in total. The minimum Gasteiger partial charge on any atom is -0.479 e. The Morgan fingerprint density at radius 3 is 2.57 bits per heavy atom. The summed E-state index contributed by atoms with van der Waals surface area (Å²) >= 11 is 0. The summed E-state index contributed by atoms with van der Waals surface area (Å²) in [6, 6.07) is -0.763. The molecule has 5 heteroatoms. The number of primary amides is 1. The number of rotatable bonds is 2. The highest BCUT2D eigenvalue weighted by Crippen LogP contribution is 2.33. The molecule has 0 radical (unpaired) electrons. The zero-order chi connectivity index (χ0) is 10.8. The zero-order valence-electron chi connectivity index (χ0n) is 8.25. The Bertz CT molecular complexity index is 254. The molecule has 0 aromatic rings. The van der Waals surface area contributed by atoms with Gasteiger partial charge in [-0.3, -0.25) is 0 Å². The molecule has 2 amide bonds. The Labute approximate surface area is 82.7 Å². The van der Waals surface area contributed by atoms with Crippen molar-refractivity contribution in [1.29, 1.82) is 0 Å². The number of urea groups is 1. The van der Waals surface area contributed by atoms with Crippen molar-refractivity contribution >= 4 is 12.0 Å². The summed E-state index contributed by atoms with van der Waals surface area (Å²) in [5, 5.41) is 11.5. The van der Waals surface area contributed by atoms with Crippen LogP contribution in [-0.4, -0.2) is 22.6 Å². The Morgan fingerprint density at radius 1 is 1.50 bits per heavy atom. The van der Waals surface area contributed by atoms with Crippen LogP contribution in [0.25, 0.3) is 0 Å². The first-order valence-corrected chi connectivity index (χ1v) is 4.80. The third kappa shape index (κ3) is 1.81. The van der Waals surface area contributed by atoms with E-state index >= 15 is 0 Å². The number of nitrogens with two attached hydrogens (primary N) is 1. The van der Waals surface area contributed by atoms with Crippen LogP contribution in [0.1, 0.15) is 32.6 Å². The van der Waals surface area contributed by atoms with Crippen LogP contribution in [0.5, 0.6) is 0 Å². The normalized spacial score (nSPS) is 32.2. The molecule has 2 unspecified atom stereocenters. The second kappa shape index (κ2) is 3.86. The number of aliphatic carboxylic acids is 1. The number of carbonyl (C=O) groups excluding carboxylic acids is 1. The molecule has 0 heterocycles. The van der Waals surface area contributed by atoms with Crippen LogP contribution < -0.4 is 11.1 Å². The van der Waals surface area contributed by atoms with Gasteiger partial charge in [0.1, 0.15) is 5.54 Å². The zero-order valence-corrected chi connectivity index (χ0v) is 8.25. The number of carboxylic acids is 1. The summed E-state index contributed by atoms with van der Waals surface area (Å²) in [5.74, 6) is -1.05. The molecule has 0 aromatic carbocycles. The van der Waals surface area contributed by atoms with E-state index in [0.717, 1.165) is 19.3 Å². The monoisotopic (exact) mass is 200 g/mol. The fourth-order valence-corrected chi connectivity index (χ4v) is 2.12. The Kier molecular flexibility index (Phi) is 2.98. The molecule has 14 heavy (non-hydrogen) atoms. The van der Waals surface area contributed by atoms with E-state index in [2.05, 4.69) is 5.32 Å². The fourth-order valence-electron chi connectivity index (χ4n) is 2.12. The van der Waals surface area contributed by atoms with E-state index in [1.54, 1.807) is 0 Å². The highest BCUT2D eigenvalue weighted by atomic mass is 16.4. The first-order valence-electron chi connectivity index (χ1n) is 4.80. The molecule has 80 valence electrons. The standard InChI is InChI=1S/C9H16N2O3/c1-6-4-2-3-5-9(6,7(12)13)11-8(10)14/h6H,2-5H2,1H3,(H,12,13)(H3,10,11,14). The van der Waals surface area contributed by atoms with Crippen LogP contribution in [0.2, 0.25) is 0 Å². The lowest BCUT2D eigenvalue weighted by Gasteiger charge is -2.38. The molecule has 1 rings (SSSR count). The van der Waals surface area contributed by atoms with Crippen LogP contribution >= 0.6 is 0 Å². The average Bonchev–Trinajstić information content (AvgIpc) is 2.08. The molecule has 0 saturated heterocycles. The van der Waals surface area contributed by atoms with Crippen molar-refractivity contribution in [2.75, 3.05) is 0 Å². The predicted molar refractivity (Wildman–Crippen MR) is 50.7 cm³/mol. The Hall–Kier alpha value is -1.26. The van der Waals surface area contributed by atoms with Crippen molar-refractivity contribution in [3.63, 3.8) is 0 Å². The molecule has 1 saturated carbocycles. The lowest BCUT2D eigenvalue weighted by Crippen LogP contribution is -2.61. The van der Waals surface area contributed by atoms with Gasteiger partial charge in [-0.25, -0.2) is 9.59 Å². The maximum Gasteiger partial charge on any atom is 0.329 e. The molecule has 0 bridgehead atoms. The second-order valence-electron chi connectivity index (χ2n) is 3.91. The van der Waals surface area contributed by atoms with Crippen LogP contribution in [0.15, 0.2) is 0 Å². The van der Waals surface area contributed by atoms with Crippen molar-refractivity contribution in [2.45, 2.75) is 38.1 Å². The lowest BCUT2D eigenvalue weighted by atomic mass is 9.73. The first-order chi connectivity index (χ1) is 6.49. The fraction of sp³-hybridized carbons (Fsp3) is 0.778. The largest absolute Gasteiger partial charge is 0.479 e. The molecule has 0 aromatic heterocycles. The summed E-state index contributed by atoms with van der Waals surface area (Å²) in [7, 11) is 0. The van der Waals surface area contributed by atoms with Gasteiger partial charge in [-0.2, -0.15) is 0 Å². The van der Waals surface area contributed by atoms with E-state index < -0.39 is 17.5 Å².